The van der Waals surface area contributed by atoms with Crippen molar-refractivity contribution in [1.82, 2.24) is 0 Å². The van der Waals surface area contributed by atoms with E-state index in [0.717, 1.165) is 13.1 Å². The summed E-state index contributed by atoms with van der Waals surface area (Å²) < 4.78 is 8.78. The highest BCUT2D eigenvalue weighted by molar-refractivity contribution is 5.61. The molecule has 38 heavy (non-hydrogen) atoms. The number of nitrogens with zero attached hydrogens (tertiary/aromatic N) is 4. The van der Waals surface area contributed by atoms with Gasteiger partial charge in [0.2, 0.25) is 0 Å². The first-order valence-corrected chi connectivity index (χ1v) is 14.6. The van der Waals surface area contributed by atoms with Crippen molar-refractivity contribution in [1.29, 1.82) is 0 Å². The van der Waals surface area contributed by atoms with Gasteiger partial charge in [0.1, 0.15) is 27.2 Å². The second-order valence-electron chi connectivity index (χ2n) is 10.7. The van der Waals surface area contributed by atoms with Gasteiger partial charge in [0.25, 0.3) is 0 Å². The maximum atomic E-state index is 2.32. The molecule has 0 bridgehead atoms. The van der Waals surface area contributed by atoms with Crippen LogP contribution in [-0.4, -0.2) is 0 Å². The number of rotatable bonds is 15. The molecule has 0 aliphatic rings. The molecule has 4 rings (SSSR count). The standard InChI is InChI=1S/C34H46N4/c1-35-23-13-31(14-24-35)33-17-27-37(28-18-33)21-11-9-7-5-3-4-6-8-10-12-22-38-29-19-34(20-30-38)32-15-25-36(2)26-16-32/h13-20,23-30H,3-12,21-22H2,1-2H3/q+4. The highest BCUT2D eigenvalue weighted by atomic mass is 14.9. The van der Waals surface area contributed by atoms with Crippen molar-refractivity contribution >= 4 is 0 Å². The van der Waals surface area contributed by atoms with Gasteiger partial charge in [-0.3, -0.25) is 0 Å². The quantitative estimate of drug-likeness (QED) is 0.141. The molecule has 4 heteroatoms. The van der Waals surface area contributed by atoms with E-state index < -0.39 is 0 Å². The first-order valence-electron chi connectivity index (χ1n) is 14.6. The molecule has 0 N–H and O–H groups in total. The van der Waals surface area contributed by atoms with Gasteiger partial charge < -0.3 is 0 Å². The van der Waals surface area contributed by atoms with E-state index in [9.17, 15) is 0 Å². The van der Waals surface area contributed by atoms with E-state index in [1.807, 2.05) is 0 Å². The van der Waals surface area contributed by atoms with E-state index >= 15 is 0 Å². The van der Waals surface area contributed by atoms with Crippen molar-refractivity contribution in [3.63, 3.8) is 0 Å². The third kappa shape index (κ3) is 9.16. The van der Waals surface area contributed by atoms with Crippen LogP contribution in [0.5, 0.6) is 0 Å². The number of aryl methyl sites for hydroxylation is 4. The molecule has 0 saturated carbocycles. The van der Waals surface area contributed by atoms with Gasteiger partial charge in [-0.1, -0.05) is 38.5 Å². The molecule has 4 aromatic heterocycles. The summed E-state index contributed by atoms with van der Waals surface area (Å²) in [5.41, 5.74) is 5.12. The zero-order chi connectivity index (χ0) is 26.4. The summed E-state index contributed by atoms with van der Waals surface area (Å²) in [6, 6.07) is 17.6. The predicted octanol–water partition coefficient (Wildman–Crippen LogP) is 5.85. The highest BCUT2D eigenvalue weighted by Gasteiger charge is 2.06. The number of pyridine rings is 4. The largest absolute Gasteiger partial charge is 0.208 e. The SMILES string of the molecule is C[n+]1ccc(-c2cc[n+](CCCCCCCCCCCC[n+]3ccc(-c4cc[n+](C)cc4)cc3)cc2)cc1. The van der Waals surface area contributed by atoms with E-state index in [0.29, 0.717) is 0 Å². The lowest BCUT2D eigenvalue weighted by molar-refractivity contribution is -0.697. The maximum Gasteiger partial charge on any atom is 0.169 e. The van der Waals surface area contributed by atoms with Crippen LogP contribution in [-0.2, 0) is 27.2 Å². The van der Waals surface area contributed by atoms with Crippen LogP contribution in [0.15, 0.2) is 98.1 Å². The number of aromatic nitrogens is 4. The smallest absolute Gasteiger partial charge is 0.169 e. The van der Waals surface area contributed by atoms with E-state index in [2.05, 4.69) is 130 Å². The summed E-state index contributed by atoms with van der Waals surface area (Å²) in [6.07, 6.45) is 30.8. The van der Waals surface area contributed by atoms with Crippen LogP contribution in [0.1, 0.15) is 64.2 Å². The van der Waals surface area contributed by atoms with Crippen LogP contribution >= 0.6 is 0 Å². The molecule has 0 radical (unpaired) electrons. The summed E-state index contributed by atoms with van der Waals surface area (Å²) >= 11 is 0. The Kier molecular flexibility index (Phi) is 11.0. The van der Waals surface area contributed by atoms with Crippen molar-refractivity contribution in [3.05, 3.63) is 98.1 Å². The number of hydrogen-bond acceptors (Lipinski definition) is 0. The van der Waals surface area contributed by atoms with Gasteiger partial charge >= 0.3 is 0 Å². The fourth-order valence-electron chi connectivity index (χ4n) is 4.99. The molecular weight excluding hydrogens is 464 g/mol. The second kappa shape index (κ2) is 15.1. The van der Waals surface area contributed by atoms with Crippen LogP contribution < -0.4 is 18.3 Å². The van der Waals surface area contributed by atoms with Crippen molar-refractivity contribution < 1.29 is 18.3 Å². The molecule has 4 nitrogen and oxygen atoms in total. The van der Waals surface area contributed by atoms with Crippen LogP contribution in [0.25, 0.3) is 22.3 Å². The molecule has 0 atom stereocenters. The lowest BCUT2D eigenvalue weighted by Crippen LogP contribution is -2.32. The van der Waals surface area contributed by atoms with Gasteiger partial charge in [-0.25, -0.2) is 18.3 Å². The molecule has 198 valence electrons. The second-order valence-corrected chi connectivity index (χ2v) is 10.7. The lowest BCUT2D eigenvalue weighted by atomic mass is 10.1. The number of unbranched alkanes of at least 4 members (excludes halogenated alkanes) is 9. The Morgan fingerprint density at radius 2 is 0.579 bits per heavy atom. The molecule has 0 aliphatic heterocycles. The fourth-order valence-corrected chi connectivity index (χ4v) is 4.99. The Labute approximate surface area is 229 Å². The Bertz CT molecular complexity index is 1100. The van der Waals surface area contributed by atoms with Crippen LogP contribution in [0, 0.1) is 0 Å². The molecule has 0 saturated heterocycles. The van der Waals surface area contributed by atoms with Crippen molar-refractivity contribution in [2.24, 2.45) is 14.1 Å². The van der Waals surface area contributed by atoms with Gasteiger partial charge in [0, 0.05) is 61.4 Å². The van der Waals surface area contributed by atoms with E-state index in [1.165, 1.54) is 86.5 Å². The molecule has 0 amide bonds. The van der Waals surface area contributed by atoms with E-state index in [-0.39, 0.29) is 0 Å². The minimum Gasteiger partial charge on any atom is -0.208 e. The average Bonchev–Trinajstić information content (AvgIpc) is 2.95. The van der Waals surface area contributed by atoms with Crippen LogP contribution in [0.4, 0.5) is 0 Å². The summed E-state index contributed by atoms with van der Waals surface area (Å²) in [4.78, 5) is 0. The Balaban J connectivity index is 0.981. The summed E-state index contributed by atoms with van der Waals surface area (Å²) in [6.45, 7) is 2.24. The number of hydrogen-bond donors (Lipinski definition) is 0. The summed E-state index contributed by atoms with van der Waals surface area (Å²) in [5, 5.41) is 0. The highest BCUT2D eigenvalue weighted by Crippen LogP contribution is 2.17. The van der Waals surface area contributed by atoms with Gasteiger partial charge in [-0.2, -0.15) is 0 Å². The molecular formula is C34H46N4+4. The maximum absolute atomic E-state index is 2.32. The Morgan fingerprint density at radius 3 is 0.868 bits per heavy atom. The molecule has 4 aromatic rings. The first-order chi connectivity index (χ1) is 18.7. The normalized spacial score (nSPS) is 11.1. The fraction of sp³-hybridized carbons (Fsp3) is 0.412. The minimum absolute atomic E-state index is 1.12. The van der Waals surface area contributed by atoms with Crippen molar-refractivity contribution in [2.75, 3.05) is 0 Å². The molecule has 0 spiro atoms. The van der Waals surface area contributed by atoms with Crippen molar-refractivity contribution in [3.8, 4) is 22.3 Å². The van der Waals surface area contributed by atoms with E-state index in [1.54, 1.807) is 0 Å². The lowest BCUT2D eigenvalue weighted by Gasteiger charge is -2.03. The third-order valence-corrected chi connectivity index (χ3v) is 7.49. The minimum atomic E-state index is 1.12. The molecule has 0 aliphatic carbocycles. The van der Waals surface area contributed by atoms with Crippen LogP contribution in [0.2, 0.25) is 0 Å². The molecule has 0 fully saturated rings. The molecule has 0 aromatic carbocycles. The van der Waals surface area contributed by atoms with Gasteiger partial charge in [-0.05, 0) is 35.1 Å². The van der Waals surface area contributed by atoms with Gasteiger partial charge in [0.15, 0.2) is 49.6 Å². The van der Waals surface area contributed by atoms with Crippen LogP contribution in [0.3, 0.4) is 0 Å². The topological polar surface area (TPSA) is 15.5 Å². The van der Waals surface area contributed by atoms with E-state index in [4.69, 9.17) is 0 Å². The monoisotopic (exact) mass is 510 g/mol. The van der Waals surface area contributed by atoms with Gasteiger partial charge in [0.05, 0.1) is 0 Å². The summed E-state index contributed by atoms with van der Waals surface area (Å²) in [5.74, 6) is 0. The van der Waals surface area contributed by atoms with Gasteiger partial charge in [-0.15, -0.1) is 0 Å². The predicted molar refractivity (Wildman–Crippen MR) is 153 cm³/mol. The zero-order valence-corrected chi connectivity index (χ0v) is 23.5. The zero-order valence-electron chi connectivity index (χ0n) is 23.5. The Hall–Kier alpha value is -3.40. The average molecular weight is 511 g/mol. The molecule has 4 heterocycles. The Morgan fingerprint density at radius 1 is 0.342 bits per heavy atom. The third-order valence-electron chi connectivity index (χ3n) is 7.49. The van der Waals surface area contributed by atoms with Crippen molar-refractivity contribution in [2.45, 2.75) is 77.3 Å². The first kappa shape index (κ1) is 27.6. The molecule has 0 unspecified atom stereocenters. The summed E-state index contributed by atoms with van der Waals surface area (Å²) in [7, 11) is 4.11.